The molecule has 7 aromatic rings. The maximum atomic E-state index is 13.8. The molecule has 0 spiro atoms. The number of carbonyl (C=O) groups excluding carboxylic acids is 8. The number of ketones is 5. The molecular formula is C78H104F5N9O15P2S4. The summed E-state index contributed by atoms with van der Waals surface area (Å²) in [6, 6.07) is 25.6. The van der Waals surface area contributed by atoms with Crippen LogP contribution in [0.2, 0.25) is 0 Å². The third kappa shape index (κ3) is 33.4. The number of rotatable bonds is 42. The second-order valence-corrected chi connectivity index (χ2v) is 35.4. The van der Waals surface area contributed by atoms with Gasteiger partial charge in [0.25, 0.3) is 0 Å². The molecule has 1 fully saturated rings. The first-order chi connectivity index (χ1) is 53.6. The van der Waals surface area contributed by atoms with Gasteiger partial charge in [-0.2, -0.15) is 10.2 Å². The highest BCUT2D eigenvalue weighted by atomic mass is 32.2. The minimum Gasteiger partial charge on any atom is -0.461 e. The van der Waals surface area contributed by atoms with Crippen molar-refractivity contribution in [3.8, 4) is 0 Å². The molecule has 4 aromatic carbocycles. The van der Waals surface area contributed by atoms with Gasteiger partial charge in [-0.1, -0.05) is 175 Å². The fraction of sp³-hybridized carbons (Fsp3) is 0.513. The summed E-state index contributed by atoms with van der Waals surface area (Å²) >= 11 is 12.2. The predicted octanol–water partition coefficient (Wildman–Crippen LogP) is 14.9. The maximum Gasteiger partial charge on any atom is 0.342 e. The van der Waals surface area contributed by atoms with Crippen LogP contribution in [0, 0.1) is 60.7 Å². The van der Waals surface area contributed by atoms with Gasteiger partial charge in [0.05, 0.1) is 31.3 Å². The van der Waals surface area contributed by atoms with Crippen molar-refractivity contribution in [3.05, 3.63) is 160 Å². The fourth-order valence-corrected chi connectivity index (χ4v) is 16.4. The average molecular weight is 1690 g/mol. The lowest BCUT2D eigenvalue weighted by atomic mass is 9.89. The standard InChI is InChI=1S/C23H47N2O5P.C21H20N2O3S2.C19H26N3O5P.C15H11F5N2O2S2/c1-6-9-11-13-15-24-23(27)19(14-12-10-7-2)17-21(26)20(16-18(4)5)25-22(8-3)31(28,29)30;24-18(13-19-22-23-21(27)28-19)11-17(16-9-5-2-6-10-16)12-20(25)26-14-15-7-3-1-4-8-15;1-20-19(24)12(9-13-11-21-15-6-3-2-5-14(13)15)10-17(23)16-7-4-8-18(22-16)28(25,26)27;1-5(23)6(2-7(24)4-9-21-22-15(25)26-9)3-8-10(16)12(18)14(20)13(19)11(8)17/h18-20,22,25H,6-17H2,1-5H3,(H,24,27)(H2,28,29,30);1-10,17H,11-14H2,(H,23,27);2-3,5-6,11-12,16,18,21-22H,4,7-10H2,1H3,(H,20,24)(H2,25,26,27);6H,2-4H2,1H3,(H,22,25)/t19-,20+,22-;17-;12-,16+,18-;6-/m1010/s1. The van der Waals surface area contributed by atoms with Crippen LogP contribution in [0.5, 0.6) is 0 Å². The van der Waals surface area contributed by atoms with Gasteiger partial charge in [0.1, 0.15) is 45.5 Å². The van der Waals surface area contributed by atoms with Gasteiger partial charge in [-0.15, -0.1) is 0 Å². The molecule has 113 heavy (non-hydrogen) atoms. The topological polar surface area (TPSA) is 382 Å². The molecule has 24 nitrogen and oxygen atoms in total. The van der Waals surface area contributed by atoms with E-state index in [0.29, 0.717) is 63.0 Å². The fourth-order valence-electron chi connectivity index (χ4n) is 12.7. The van der Waals surface area contributed by atoms with Gasteiger partial charge in [-0.3, -0.25) is 68.3 Å². The number of amides is 2. The van der Waals surface area contributed by atoms with E-state index in [0.717, 1.165) is 90.8 Å². The summed E-state index contributed by atoms with van der Waals surface area (Å²) in [6.07, 6.45) is 11.6. The summed E-state index contributed by atoms with van der Waals surface area (Å²) < 4.78 is 96.8. The van der Waals surface area contributed by atoms with Crippen molar-refractivity contribution in [2.45, 2.75) is 219 Å². The smallest absolute Gasteiger partial charge is 0.342 e. The number of unbranched alkanes of at least 4 members (excludes halogenated alkanes) is 5. The molecule has 8 atom stereocenters. The number of nitrogens with one attached hydrogen (secondary N) is 7. The molecule has 0 radical (unpaired) electrons. The van der Waals surface area contributed by atoms with E-state index in [4.69, 9.17) is 29.2 Å². The van der Waals surface area contributed by atoms with Crippen molar-refractivity contribution in [2.75, 3.05) is 13.6 Å². The summed E-state index contributed by atoms with van der Waals surface area (Å²) in [7, 11) is -7.11. The van der Waals surface area contributed by atoms with Crippen LogP contribution in [0.3, 0.4) is 0 Å². The lowest BCUT2D eigenvalue weighted by Gasteiger charge is -2.31. The van der Waals surface area contributed by atoms with E-state index in [1.54, 1.807) is 6.92 Å². The summed E-state index contributed by atoms with van der Waals surface area (Å²) in [4.78, 5) is 141. The van der Waals surface area contributed by atoms with Gasteiger partial charge in [0, 0.05) is 85.6 Å². The van der Waals surface area contributed by atoms with E-state index in [2.05, 4.69) is 60.5 Å². The Bertz CT molecular complexity index is 4430. The monoisotopic (exact) mass is 1690 g/mol. The van der Waals surface area contributed by atoms with Crippen LogP contribution >= 0.6 is 62.3 Å². The zero-order valence-corrected chi connectivity index (χ0v) is 69.5. The van der Waals surface area contributed by atoms with E-state index in [1.165, 1.54) is 18.4 Å². The van der Waals surface area contributed by atoms with Crippen LogP contribution in [0.15, 0.2) is 91.1 Å². The van der Waals surface area contributed by atoms with Crippen molar-refractivity contribution in [2.24, 2.45) is 23.7 Å². The molecule has 0 aliphatic carbocycles. The summed E-state index contributed by atoms with van der Waals surface area (Å²) in [5.74, 6) is -16.8. The number of carbonyl (C=O) groups is 8. The maximum absolute atomic E-state index is 13.8. The number of halogens is 5. The highest BCUT2D eigenvalue weighted by Gasteiger charge is 2.38. The normalized spacial score (nSPS) is 15.1. The van der Waals surface area contributed by atoms with Crippen LogP contribution in [0.4, 0.5) is 22.0 Å². The number of aromatic nitrogens is 5. The predicted molar refractivity (Wildman–Crippen MR) is 428 cm³/mol. The molecule has 1 aliphatic heterocycles. The zero-order valence-electron chi connectivity index (χ0n) is 64.4. The number of Topliss-reactive ketones (excluding diaryl/α,β-unsaturated/α-hetero) is 5. The van der Waals surface area contributed by atoms with Gasteiger partial charge >= 0.3 is 21.2 Å². The number of fused-ring (bicyclic) bond motifs is 1. The third-order valence-electron chi connectivity index (χ3n) is 18.8. The number of esters is 1. The van der Waals surface area contributed by atoms with Crippen molar-refractivity contribution in [1.82, 2.24) is 46.6 Å². The number of nitrogens with zero attached hydrogens (tertiary/aromatic N) is 2. The molecule has 11 N–H and O–H groups in total. The molecule has 2 amide bonds. The number of piperidine rings is 1. The molecule has 4 heterocycles. The molecule has 35 heteroatoms. The lowest BCUT2D eigenvalue weighted by Crippen LogP contribution is -2.47. The molecular weight excluding hydrogens is 1590 g/mol. The number of para-hydroxylation sites is 1. The third-order valence-corrected chi connectivity index (χ3v) is 23.5. The first kappa shape index (κ1) is 96.2. The van der Waals surface area contributed by atoms with Crippen molar-refractivity contribution in [1.29, 1.82) is 0 Å². The number of hydrogen-bond acceptors (Lipinski definition) is 19. The Hall–Kier alpha value is -7.39. The average Bonchev–Trinajstić information content (AvgIpc) is 1.12. The second-order valence-electron chi connectivity index (χ2n) is 28.2. The number of H-pyrrole nitrogens is 3. The first-order valence-corrected chi connectivity index (χ1v) is 43.5. The van der Waals surface area contributed by atoms with Crippen LogP contribution in [-0.4, -0.2) is 129 Å². The number of aromatic amines is 3. The number of ether oxygens (including phenoxy) is 1. The summed E-state index contributed by atoms with van der Waals surface area (Å²) in [6.45, 7) is 11.8. The van der Waals surface area contributed by atoms with Crippen LogP contribution in [-0.2, 0) is 84.5 Å². The SMILES string of the molecule is CC(=O)[C@@H](CC(=O)Cc1n[nH]c(=S)s1)Cc1c(F)c(F)c(F)c(F)c1F.CCCCCCNC(=O)[C@H](CCCCC)CC(=O)[C@H](CC(C)C)N[C@@H](CC)P(=O)(O)O.CNC(=O)[C@@H](CC(=O)[C@@H]1CCC[C@@H](P(=O)(O)O)N1)Cc1c[nH]c2ccccc12.O=C(Cc1n[nH]c(=S)s1)C[C@@H](CC(=O)OCc1ccccc1)c1ccccc1. The van der Waals surface area contributed by atoms with Gasteiger partial charge in [0.2, 0.25) is 17.6 Å². The minimum atomic E-state index is -4.35. The Morgan fingerprint density at radius 3 is 1.79 bits per heavy atom. The van der Waals surface area contributed by atoms with Gasteiger partial charge in [-0.05, 0) is 118 Å². The second kappa shape index (κ2) is 48.9. The molecule has 0 unspecified atom stereocenters. The quantitative estimate of drug-likeness (QED) is 0.00322. The Kier molecular flexibility index (Phi) is 41.6. The highest BCUT2D eigenvalue weighted by Crippen LogP contribution is 2.45. The van der Waals surface area contributed by atoms with E-state index in [-0.39, 0.29) is 98.5 Å². The number of benzene rings is 4. The Morgan fingerprint density at radius 2 is 1.24 bits per heavy atom. The molecule has 0 saturated carbocycles. The summed E-state index contributed by atoms with van der Waals surface area (Å²) in [5, 5.41) is 26.3. The van der Waals surface area contributed by atoms with Crippen molar-refractivity contribution >= 4 is 120 Å². The largest absolute Gasteiger partial charge is 0.461 e. The number of hydrogen-bond donors (Lipinski definition) is 11. The van der Waals surface area contributed by atoms with Crippen molar-refractivity contribution in [3.63, 3.8) is 0 Å². The molecule has 1 aliphatic rings. The van der Waals surface area contributed by atoms with E-state index >= 15 is 0 Å². The molecule has 8 rings (SSSR count). The van der Waals surface area contributed by atoms with Gasteiger partial charge in [-0.25, -0.2) is 22.0 Å². The Morgan fingerprint density at radius 1 is 0.664 bits per heavy atom. The molecule has 3 aromatic heterocycles. The van der Waals surface area contributed by atoms with E-state index in [9.17, 15) is 89.0 Å². The lowest BCUT2D eigenvalue weighted by molar-refractivity contribution is -0.145. The highest BCUT2D eigenvalue weighted by molar-refractivity contribution is 7.73. The van der Waals surface area contributed by atoms with Crippen LogP contribution in [0.1, 0.15) is 195 Å². The van der Waals surface area contributed by atoms with Gasteiger partial charge in [0.15, 0.2) is 42.7 Å². The summed E-state index contributed by atoms with van der Waals surface area (Å²) in [5.41, 5.74) is 2.69. The van der Waals surface area contributed by atoms with Crippen molar-refractivity contribution < 1.29 is 93.7 Å². The first-order valence-electron chi connectivity index (χ1n) is 37.7. The molecule has 620 valence electrons. The Balaban J connectivity index is 0.000000270. The van der Waals surface area contributed by atoms with Crippen LogP contribution < -0.4 is 21.3 Å². The van der Waals surface area contributed by atoms with E-state index in [1.807, 2.05) is 105 Å². The molecule has 1 saturated heterocycles. The van der Waals surface area contributed by atoms with Crippen LogP contribution in [0.25, 0.3) is 10.9 Å². The van der Waals surface area contributed by atoms with E-state index < -0.39 is 116 Å². The minimum absolute atomic E-state index is 0.0162. The Labute approximate surface area is 672 Å². The molecule has 0 bridgehead atoms. The van der Waals surface area contributed by atoms with Gasteiger partial charge < -0.3 is 39.9 Å². The zero-order chi connectivity index (χ0) is 83.5.